The van der Waals surface area contributed by atoms with E-state index < -0.39 is 5.79 Å². The van der Waals surface area contributed by atoms with E-state index in [0.717, 1.165) is 10.9 Å². The Morgan fingerprint density at radius 2 is 2.00 bits per heavy atom. The first-order valence-electron chi connectivity index (χ1n) is 6.41. The van der Waals surface area contributed by atoms with Gasteiger partial charge in [0.2, 0.25) is 0 Å². The second kappa shape index (κ2) is 7.01. The zero-order valence-corrected chi connectivity index (χ0v) is 12.6. The maximum atomic E-state index is 11.9. The van der Waals surface area contributed by atoms with Crippen molar-refractivity contribution < 1.29 is 14.3 Å². The number of carbonyl (C=O) groups excluding carboxylic acids is 1. The van der Waals surface area contributed by atoms with Gasteiger partial charge in [0, 0.05) is 0 Å². The summed E-state index contributed by atoms with van der Waals surface area (Å²) in [6.45, 7) is 4.96. The number of ether oxygens (including phenoxy) is 2. The Morgan fingerprint density at radius 3 is 2.63 bits per heavy atom. The predicted octanol–water partition coefficient (Wildman–Crippen LogP) is 1.64. The molecule has 0 saturated carbocycles. The molecule has 3 nitrogen and oxygen atoms in total. The third-order valence-corrected chi connectivity index (χ3v) is 4.94. The van der Waals surface area contributed by atoms with Gasteiger partial charge in [-0.05, 0) is 0 Å². The average Bonchev–Trinajstić information content (AvgIpc) is 2.89. The quantitative estimate of drug-likeness (QED) is 0.565. The predicted molar refractivity (Wildman–Crippen MR) is 75.5 cm³/mol. The van der Waals surface area contributed by atoms with Gasteiger partial charge >= 0.3 is 120 Å². The molecule has 0 N–H and O–H groups in total. The first-order chi connectivity index (χ1) is 9.24. The van der Waals surface area contributed by atoms with Gasteiger partial charge in [-0.25, -0.2) is 0 Å². The third-order valence-electron chi connectivity index (χ3n) is 2.97. The van der Waals surface area contributed by atoms with Crippen LogP contribution in [0.1, 0.15) is 19.3 Å². The Morgan fingerprint density at radius 1 is 1.32 bits per heavy atom. The summed E-state index contributed by atoms with van der Waals surface area (Å²) in [5.41, 5.74) is 0. The van der Waals surface area contributed by atoms with Gasteiger partial charge in [-0.2, -0.15) is 0 Å². The van der Waals surface area contributed by atoms with Crippen LogP contribution in [0.3, 0.4) is 0 Å². The van der Waals surface area contributed by atoms with Crippen molar-refractivity contribution in [2.45, 2.75) is 25.0 Å². The normalized spacial score (nSPS) is 17.3. The topological polar surface area (TPSA) is 35.5 Å². The van der Waals surface area contributed by atoms with Gasteiger partial charge in [0.15, 0.2) is 0 Å². The van der Waals surface area contributed by atoms with E-state index in [1.807, 2.05) is 30.3 Å². The zero-order chi connectivity index (χ0) is 13.6. The number of hydrogen-bond donors (Lipinski definition) is 0. The van der Waals surface area contributed by atoms with Crippen molar-refractivity contribution >= 4 is 24.1 Å². The van der Waals surface area contributed by atoms with Crippen LogP contribution >= 0.6 is 0 Å². The second-order valence-corrected chi connectivity index (χ2v) is 6.73. The van der Waals surface area contributed by atoms with Gasteiger partial charge in [0.25, 0.3) is 0 Å². The standard InChI is InChI=1S/C15H18O3Se/c1-2-15(17-11-12-18-15)10-6-9-14(16)19-13-7-4-3-5-8-13/h2-5,7-8H,1,6,9-12H2. The van der Waals surface area contributed by atoms with Crippen LogP contribution in [0, 0.1) is 0 Å². The zero-order valence-electron chi connectivity index (χ0n) is 10.8. The van der Waals surface area contributed by atoms with Crippen LogP contribution in [0.4, 0.5) is 0 Å². The van der Waals surface area contributed by atoms with E-state index in [4.69, 9.17) is 9.47 Å². The summed E-state index contributed by atoms with van der Waals surface area (Å²) in [6, 6.07) is 9.92. The van der Waals surface area contributed by atoms with E-state index in [2.05, 4.69) is 6.58 Å². The van der Waals surface area contributed by atoms with Gasteiger partial charge in [0.05, 0.1) is 0 Å². The van der Waals surface area contributed by atoms with Crippen LogP contribution in [-0.2, 0) is 14.3 Å². The van der Waals surface area contributed by atoms with Crippen molar-refractivity contribution in [3.8, 4) is 0 Å². The molecule has 0 aromatic heterocycles. The summed E-state index contributed by atoms with van der Waals surface area (Å²) >= 11 is -0.0833. The fourth-order valence-corrected chi connectivity index (χ4v) is 3.67. The molecule has 4 heteroatoms. The van der Waals surface area contributed by atoms with E-state index >= 15 is 0 Å². The molecule has 0 amide bonds. The monoisotopic (exact) mass is 326 g/mol. The molecule has 0 aliphatic carbocycles. The summed E-state index contributed by atoms with van der Waals surface area (Å²) < 4.78 is 12.5. The van der Waals surface area contributed by atoms with E-state index in [1.54, 1.807) is 6.08 Å². The molecule has 1 fully saturated rings. The fraction of sp³-hybridized carbons (Fsp3) is 0.400. The molecule has 1 aromatic carbocycles. The van der Waals surface area contributed by atoms with Crippen molar-refractivity contribution in [3.05, 3.63) is 43.0 Å². The molecule has 19 heavy (non-hydrogen) atoms. The van der Waals surface area contributed by atoms with Crippen molar-refractivity contribution in [1.29, 1.82) is 0 Å². The number of rotatable bonds is 7. The SMILES string of the molecule is C=CC1(CCCC(=O)[Se]c2ccccc2)OCCO1. The van der Waals surface area contributed by atoms with Crippen molar-refractivity contribution in [3.63, 3.8) is 0 Å². The van der Waals surface area contributed by atoms with Gasteiger partial charge in [-0.1, -0.05) is 0 Å². The molecule has 1 aromatic rings. The van der Waals surface area contributed by atoms with Gasteiger partial charge in [-0.15, -0.1) is 0 Å². The van der Waals surface area contributed by atoms with Crippen LogP contribution in [-0.4, -0.2) is 38.6 Å². The van der Waals surface area contributed by atoms with E-state index in [-0.39, 0.29) is 15.0 Å². The molecule has 2 rings (SSSR count). The molecular formula is C15H18O3Se. The summed E-state index contributed by atoms with van der Waals surface area (Å²) in [4.78, 5) is 11.9. The molecule has 0 bridgehead atoms. The Kier molecular flexibility index (Phi) is 5.34. The molecular weight excluding hydrogens is 307 g/mol. The minimum absolute atomic E-state index is 0.0833. The summed E-state index contributed by atoms with van der Waals surface area (Å²) in [6.07, 6.45) is 3.76. The van der Waals surface area contributed by atoms with Gasteiger partial charge in [0.1, 0.15) is 0 Å². The van der Waals surface area contributed by atoms with E-state index in [1.165, 1.54) is 0 Å². The van der Waals surface area contributed by atoms with Crippen LogP contribution in [0.2, 0.25) is 0 Å². The first-order valence-corrected chi connectivity index (χ1v) is 8.13. The molecule has 1 aliphatic rings. The molecule has 1 heterocycles. The molecule has 0 atom stereocenters. The van der Waals surface area contributed by atoms with Crippen LogP contribution in [0.5, 0.6) is 0 Å². The first kappa shape index (κ1) is 14.5. The molecule has 0 radical (unpaired) electrons. The van der Waals surface area contributed by atoms with Crippen LogP contribution in [0.15, 0.2) is 43.0 Å². The minimum atomic E-state index is -0.653. The van der Waals surface area contributed by atoms with Crippen molar-refractivity contribution in [2.24, 2.45) is 0 Å². The Labute approximate surface area is 120 Å². The fourth-order valence-electron chi connectivity index (χ4n) is 1.98. The summed E-state index contributed by atoms with van der Waals surface area (Å²) in [5.74, 6) is -0.653. The Hall–Kier alpha value is -0.931. The van der Waals surface area contributed by atoms with Crippen LogP contribution in [0.25, 0.3) is 0 Å². The third kappa shape index (κ3) is 4.29. The summed E-state index contributed by atoms with van der Waals surface area (Å²) in [7, 11) is 0. The molecule has 0 spiro atoms. The molecule has 1 aliphatic heterocycles. The average molecular weight is 325 g/mol. The van der Waals surface area contributed by atoms with Crippen molar-refractivity contribution in [1.82, 2.24) is 0 Å². The molecule has 102 valence electrons. The number of hydrogen-bond acceptors (Lipinski definition) is 3. The van der Waals surface area contributed by atoms with Crippen molar-refractivity contribution in [2.75, 3.05) is 13.2 Å². The summed E-state index contributed by atoms with van der Waals surface area (Å²) in [5, 5.41) is 0. The number of carbonyl (C=O) groups is 1. The molecule has 0 unspecified atom stereocenters. The Bertz CT molecular complexity index is 424. The van der Waals surface area contributed by atoms with Gasteiger partial charge in [-0.3, -0.25) is 0 Å². The van der Waals surface area contributed by atoms with Gasteiger partial charge < -0.3 is 0 Å². The van der Waals surface area contributed by atoms with E-state index in [0.29, 0.717) is 30.7 Å². The van der Waals surface area contributed by atoms with Crippen LogP contribution < -0.4 is 4.46 Å². The van der Waals surface area contributed by atoms with E-state index in [9.17, 15) is 4.79 Å². The Balaban J connectivity index is 1.73. The molecule has 1 saturated heterocycles. The number of benzene rings is 1. The maximum absolute atomic E-state index is 11.9. The second-order valence-electron chi connectivity index (χ2n) is 4.35.